The van der Waals surface area contributed by atoms with Crippen LogP contribution in [-0.4, -0.2) is 25.5 Å². The molecular weight excluding hydrogens is 291 g/mol. The highest BCUT2D eigenvalue weighted by molar-refractivity contribution is 5.85. The lowest BCUT2D eigenvalue weighted by Crippen LogP contribution is -2.44. The third-order valence-corrected chi connectivity index (χ3v) is 3.98. The second-order valence-corrected chi connectivity index (χ2v) is 6.12. The number of halogens is 2. The van der Waals surface area contributed by atoms with Gasteiger partial charge in [0.15, 0.2) is 0 Å². The Labute approximate surface area is 132 Å². The molecule has 1 heterocycles. The maximum atomic E-state index is 13.8. The average Bonchev–Trinajstić information content (AvgIpc) is 2.46. The van der Waals surface area contributed by atoms with Crippen LogP contribution in [0.15, 0.2) is 24.3 Å². The van der Waals surface area contributed by atoms with Crippen molar-refractivity contribution in [2.24, 2.45) is 5.92 Å². The number of piperidine rings is 1. The van der Waals surface area contributed by atoms with Gasteiger partial charge in [-0.1, -0.05) is 32.0 Å². The molecule has 1 unspecified atom stereocenters. The second kappa shape index (κ2) is 7.76. The van der Waals surface area contributed by atoms with Gasteiger partial charge in [-0.25, -0.2) is 4.39 Å². The van der Waals surface area contributed by atoms with Crippen molar-refractivity contribution in [3.05, 3.63) is 35.6 Å². The fourth-order valence-electron chi connectivity index (χ4n) is 2.63. The van der Waals surface area contributed by atoms with Gasteiger partial charge in [-0.15, -0.1) is 12.4 Å². The van der Waals surface area contributed by atoms with Crippen molar-refractivity contribution < 1.29 is 9.18 Å². The van der Waals surface area contributed by atoms with Crippen molar-refractivity contribution in [2.75, 3.05) is 19.6 Å². The van der Waals surface area contributed by atoms with Crippen molar-refractivity contribution in [3.63, 3.8) is 0 Å². The zero-order chi connectivity index (χ0) is 14.6. The third kappa shape index (κ3) is 4.68. The molecule has 118 valence electrons. The monoisotopic (exact) mass is 314 g/mol. The molecule has 2 rings (SSSR count). The number of amides is 1. The van der Waals surface area contributed by atoms with Gasteiger partial charge in [0.05, 0.1) is 5.92 Å². The average molecular weight is 315 g/mol. The van der Waals surface area contributed by atoms with Gasteiger partial charge in [0, 0.05) is 18.5 Å². The standard InChI is InChI=1S/C16H23FN2O.ClH/c1-16(2,13-7-3-4-8-14(13)17)11-19-15(20)12-6-5-9-18-10-12;/h3-4,7-8,12,18H,5-6,9-11H2,1-2H3,(H,19,20);1H. The van der Waals surface area contributed by atoms with E-state index in [0.717, 1.165) is 25.9 Å². The summed E-state index contributed by atoms with van der Waals surface area (Å²) in [5.74, 6) is -0.104. The molecule has 1 fully saturated rings. The highest BCUT2D eigenvalue weighted by Crippen LogP contribution is 2.25. The van der Waals surface area contributed by atoms with Gasteiger partial charge < -0.3 is 10.6 Å². The van der Waals surface area contributed by atoms with Crippen molar-refractivity contribution in [3.8, 4) is 0 Å². The molecule has 0 saturated carbocycles. The Balaban J connectivity index is 0.00000220. The van der Waals surface area contributed by atoms with E-state index in [9.17, 15) is 9.18 Å². The molecule has 2 N–H and O–H groups in total. The molecule has 1 saturated heterocycles. The van der Waals surface area contributed by atoms with Crippen LogP contribution in [0, 0.1) is 11.7 Å². The smallest absolute Gasteiger partial charge is 0.224 e. The van der Waals surface area contributed by atoms with Crippen molar-refractivity contribution in [1.29, 1.82) is 0 Å². The highest BCUT2D eigenvalue weighted by Gasteiger charge is 2.27. The summed E-state index contributed by atoms with van der Waals surface area (Å²) in [5.41, 5.74) is 0.227. The Morgan fingerprint density at radius 2 is 2.14 bits per heavy atom. The molecule has 1 aliphatic heterocycles. The first-order chi connectivity index (χ1) is 9.50. The second-order valence-electron chi connectivity index (χ2n) is 6.12. The Hall–Kier alpha value is -1.13. The van der Waals surface area contributed by atoms with Crippen LogP contribution in [0.3, 0.4) is 0 Å². The predicted molar refractivity (Wildman–Crippen MR) is 85.3 cm³/mol. The molecule has 0 radical (unpaired) electrons. The largest absolute Gasteiger partial charge is 0.355 e. The van der Waals surface area contributed by atoms with Crippen LogP contribution in [0.4, 0.5) is 4.39 Å². The summed E-state index contributed by atoms with van der Waals surface area (Å²) >= 11 is 0. The van der Waals surface area contributed by atoms with E-state index in [2.05, 4.69) is 10.6 Å². The lowest BCUT2D eigenvalue weighted by molar-refractivity contribution is -0.125. The first-order valence-corrected chi connectivity index (χ1v) is 7.24. The van der Waals surface area contributed by atoms with E-state index in [1.165, 1.54) is 6.07 Å². The fraction of sp³-hybridized carbons (Fsp3) is 0.562. The summed E-state index contributed by atoms with van der Waals surface area (Å²) in [6.07, 6.45) is 1.97. The maximum absolute atomic E-state index is 13.8. The third-order valence-electron chi connectivity index (χ3n) is 3.98. The maximum Gasteiger partial charge on any atom is 0.224 e. The SMILES string of the molecule is CC(C)(CNC(=O)C1CCCNC1)c1ccccc1F.Cl. The van der Waals surface area contributed by atoms with Gasteiger partial charge in [-0.3, -0.25) is 4.79 Å². The predicted octanol–water partition coefficient (Wildman–Crippen LogP) is 2.64. The minimum Gasteiger partial charge on any atom is -0.355 e. The Kier molecular flexibility index (Phi) is 6.62. The van der Waals surface area contributed by atoms with Gasteiger partial charge >= 0.3 is 0 Å². The van der Waals surface area contributed by atoms with E-state index >= 15 is 0 Å². The van der Waals surface area contributed by atoms with E-state index in [1.807, 2.05) is 19.9 Å². The molecular formula is C16H24ClFN2O. The van der Waals surface area contributed by atoms with E-state index in [-0.39, 0.29) is 30.0 Å². The summed E-state index contributed by atoms with van der Waals surface area (Å²) in [4.78, 5) is 12.1. The summed E-state index contributed by atoms with van der Waals surface area (Å²) in [7, 11) is 0. The molecule has 1 aromatic carbocycles. The quantitative estimate of drug-likeness (QED) is 0.897. The minimum atomic E-state index is -0.414. The number of carbonyl (C=O) groups excluding carboxylic acids is 1. The lowest BCUT2D eigenvalue weighted by atomic mass is 9.84. The molecule has 0 spiro atoms. The van der Waals surface area contributed by atoms with E-state index in [1.54, 1.807) is 12.1 Å². The van der Waals surface area contributed by atoms with Crippen molar-refractivity contribution in [2.45, 2.75) is 32.1 Å². The topological polar surface area (TPSA) is 41.1 Å². The van der Waals surface area contributed by atoms with Crippen LogP contribution in [0.2, 0.25) is 0 Å². The van der Waals surface area contributed by atoms with Crippen LogP contribution >= 0.6 is 12.4 Å². The van der Waals surface area contributed by atoms with Crippen LogP contribution in [-0.2, 0) is 10.2 Å². The van der Waals surface area contributed by atoms with E-state index in [4.69, 9.17) is 0 Å². The van der Waals surface area contributed by atoms with Crippen LogP contribution in [0.1, 0.15) is 32.3 Å². The lowest BCUT2D eigenvalue weighted by Gasteiger charge is -2.28. The molecule has 1 amide bonds. The Morgan fingerprint density at radius 1 is 1.43 bits per heavy atom. The fourth-order valence-corrected chi connectivity index (χ4v) is 2.63. The summed E-state index contributed by atoms with van der Waals surface area (Å²) in [5, 5.41) is 6.21. The molecule has 0 bridgehead atoms. The van der Waals surface area contributed by atoms with Gasteiger partial charge in [-0.2, -0.15) is 0 Å². The molecule has 21 heavy (non-hydrogen) atoms. The number of hydrogen-bond acceptors (Lipinski definition) is 2. The molecule has 3 nitrogen and oxygen atoms in total. The van der Waals surface area contributed by atoms with Gasteiger partial charge in [0.1, 0.15) is 5.82 Å². The van der Waals surface area contributed by atoms with Gasteiger partial charge in [0.25, 0.3) is 0 Å². The number of nitrogens with one attached hydrogen (secondary N) is 2. The first-order valence-electron chi connectivity index (χ1n) is 7.24. The molecule has 1 aliphatic rings. The zero-order valence-electron chi connectivity index (χ0n) is 12.6. The Bertz CT molecular complexity index is 473. The highest BCUT2D eigenvalue weighted by atomic mass is 35.5. The Morgan fingerprint density at radius 3 is 2.76 bits per heavy atom. The number of hydrogen-bond donors (Lipinski definition) is 2. The van der Waals surface area contributed by atoms with Gasteiger partial charge in [-0.05, 0) is 31.0 Å². The first kappa shape index (κ1) is 17.9. The number of rotatable bonds is 4. The molecule has 0 aromatic heterocycles. The minimum absolute atomic E-state index is 0. The number of benzene rings is 1. The molecule has 0 aliphatic carbocycles. The summed E-state index contributed by atoms with van der Waals surface area (Å²) < 4.78 is 13.8. The normalized spacial score (nSPS) is 18.7. The summed E-state index contributed by atoms with van der Waals surface area (Å²) in [6, 6.07) is 6.75. The van der Waals surface area contributed by atoms with Gasteiger partial charge in [0.2, 0.25) is 5.91 Å². The molecule has 1 atom stereocenters. The van der Waals surface area contributed by atoms with E-state index in [0.29, 0.717) is 12.1 Å². The number of carbonyl (C=O) groups is 1. The molecule has 1 aromatic rings. The molecule has 5 heteroatoms. The summed E-state index contributed by atoms with van der Waals surface area (Å²) in [6.45, 7) is 6.08. The van der Waals surface area contributed by atoms with E-state index < -0.39 is 5.41 Å². The van der Waals surface area contributed by atoms with Crippen LogP contribution in [0.25, 0.3) is 0 Å². The van der Waals surface area contributed by atoms with Crippen LogP contribution in [0.5, 0.6) is 0 Å². The van der Waals surface area contributed by atoms with Crippen molar-refractivity contribution >= 4 is 18.3 Å². The zero-order valence-corrected chi connectivity index (χ0v) is 13.4. The van der Waals surface area contributed by atoms with Crippen LogP contribution < -0.4 is 10.6 Å². The van der Waals surface area contributed by atoms with Crippen molar-refractivity contribution in [1.82, 2.24) is 10.6 Å².